The number of hydrogen-bond donors (Lipinski definition) is 0. The van der Waals surface area contributed by atoms with E-state index in [-0.39, 0.29) is 5.78 Å². The van der Waals surface area contributed by atoms with E-state index in [1.807, 2.05) is 25.1 Å². The van der Waals surface area contributed by atoms with Gasteiger partial charge in [0.1, 0.15) is 0 Å². The predicted octanol–water partition coefficient (Wildman–Crippen LogP) is 4.02. The number of ketones is 1. The Hall–Kier alpha value is -0.820. The molecule has 0 heterocycles. The number of carbonyl (C=O) groups is 1. The van der Waals surface area contributed by atoms with Gasteiger partial charge in [0.25, 0.3) is 0 Å². The monoisotopic (exact) mass is 222 g/mol. The Balaban J connectivity index is 2.03. The van der Waals surface area contributed by atoms with Gasteiger partial charge in [0, 0.05) is 12.0 Å². The van der Waals surface area contributed by atoms with Crippen molar-refractivity contribution in [2.45, 2.75) is 32.6 Å². The number of carbonyl (C=O) groups excluding carboxylic acids is 1. The Bertz CT molecular complexity index is 380. The second kappa shape index (κ2) is 4.36. The first-order valence-electron chi connectivity index (χ1n) is 5.46. The van der Waals surface area contributed by atoms with Gasteiger partial charge in [-0.3, -0.25) is 4.79 Å². The average molecular weight is 223 g/mol. The van der Waals surface area contributed by atoms with Crippen LogP contribution in [0.2, 0.25) is 5.02 Å². The minimum absolute atomic E-state index is 0.187. The van der Waals surface area contributed by atoms with Gasteiger partial charge in [0.15, 0.2) is 5.78 Å². The molecule has 2 rings (SSSR count). The predicted molar refractivity (Wildman–Crippen MR) is 62.5 cm³/mol. The molecule has 0 bridgehead atoms. The largest absolute Gasteiger partial charge is 0.294 e. The van der Waals surface area contributed by atoms with Crippen LogP contribution in [-0.4, -0.2) is 5.78 Å². The zero-order chi connectivity index (χ0) is 10.8. The molecule has 0 aliphatic heterocycles. The van der Waals surface area contributed by atoms with Crippen molar-refractivity contribution in [2.24, 2.45) is 5.92 Å². The molecule has 0 aromatic heterocycles. The Morgan fingerprint density at radius 1 is 1.47 bits per heavy atom. The quantitative estimate of drug-likeness (QED) is 0.704. The van der Waals surface area contributed by atoms with Crippen molar-refractivity contribution in [3.8, 4) is 0 Å². The summed E-state index contributed by atoms with van der Waals surface area (Å²) in [6.07, 6.45) is 4.28. The Kier molecular flexibility index (Phi) is 3.11. The van der Waals surface area contributed by atoms with Crippen LogP contribution in [-0.2, 0) is 0 Å². The van der Waals surface area contributed by atoms with Crippen molar-refractivity contribution >= 4 is 17.4 Å². The highest BCUT2D eigenvalue weighted by Gasteiger charge is 2.22. The zero-order valence-electron chi connectivity index (χ0n) is 8.92. The van der Waals surface area contributed by atoms with Crippen molar-refractivity contribution in [2.75, 3.05) is 0 Å². The third kappa shape index (κ3) is 2.82. The molecule has 1 aliphatic rings. The summed E-state index contributed by atoms with van der Waals surface area (Å²) in [4.78, 5) is 11.8. The van der Waals surface area contributed by atoms with E-state index in [2.05, 4.69) is 0 Å². The number of rotatable bonds is 4. The van der Waals surface area contributed by atoms with Gasteiger partial charge >= 0.3 is 0 Å². The molecule has 0 saturated heterocycles. The van der Waals surface area contributed by atoms with Gasteiger partial charge in [-0.2, -0.15) is 0 Å². The molecule has 1 nitrogen and oxygen atoms in total. The molecule has 0 N–H and O–H groups in total. The van der Waals surface area contributed by atoms with Crippen LogP contribution < -0.4 is 0 Å². The van der Waals surface area contributed by atoms with Crippen LogP contribution in [0.4, 0.5) is 0 Å². The first kappa shape index (κ1) is 10.7. The first-order valence-corrected chi connectivity index (χ1v) is 5.84. The standard InChI is InChI=1S/C13H15ClO/c1-9-2-6-11(12(14)8-9)13(15)7-5-10-3-4-10/h2,6,8,10H,3-5,7H2,1H3. The van der Waals surface area contributed by atoms with Crippen molar-refractivity contribution in [3.05, 3.63) is 34.3 Å². The molecule has 1 aromatic carbocycles. The van der Waals surface area contributed by atoms with E-state index in [1.165, 1.54) is 12.8 Å². The molecule has 1 aliphatic carbocycles. The highest BCUT2D eigenvalue weighted by molar-refractivity contribution is 6.34. The van der Waals surface area contributed by atoms with Gasteiger partial charge in [0.2, 0.25) is 0 Å². The molecular formula is C13H15ClO. The number of aryl methyl sites for hydroxylation is 1. The topological polar surface area (TPSA) is 17.1 Å². The third-order valence-corrected chi connectivity index (χ3v) is 3.21. The van der Waals surface area contributed by atoms with Crippen LogP contribution in [0.15, 0.2) is 18.2 Å². The second-order valence-electron chi connectivity index (χ2n) is 4.39. The smallest absolute Gasteiger partial charge is 0.164 e. The average Bonchev–Trinajstić information content (AvgIpc) is 2.97. The lowest BCUT2D eigenvalue weighted by atomic mass is 10.0. The van der Waals surface area contributed by atoms with Crippen molar-refractivity contribution in [3.63, 3.8) is 0 Å². The van der Waals surface area contributed by atoms with Crippen LogP contribution in [0, 0.1) is 12.8 Å². The SMILES string of the molecule is Cc1ccc(C(=O)CCC2CC2)c(Cl)c1. The molecule has 0 amide bonds. The minimum atomic E-state index is 0.187. The maximum absolute atomic E-state index is 11.8. The molecule has 0 unspecified atom stereocenters. The van der Waals surface area contributed by atoms with Crippen LogP contribution in [0.3, 0.4) is 0 Å². The highest BCUT2D eigenvalue weighted by atomic mass is 35.5. The van der Waals surface area contributed by atoms with E-state index in [1.54, 1.807) is 0 Å². The maximum Gasteiger partial charge on any atom is 0.164 e. The minimum Gasteiger partial charge on any atom is -0.294 e. The van der Waals surface area contributed by atoms with E-state index in [0.29, 0.717) is 17.0 Å². The zero-order valence-corrected chi connectivity index (χ0v) is 9.68. The fourth-order valence-electron chi connectivity index (χ4n) is 1.72. The summed E-state index contributed by atoms with van der Waals surface area (Å²) in [5.74, 6) is 0.991. The van der Waals surface area contributed by atoms with Gasteiger partial charge < -0.3 is 0 Å². The number of hydrogen-bond acceptors (Lipinski definition) is 1. The van der Waals surface area contributed by atoms with Gasteiger partial charge in [-0.05, 0) is 37.0 Å². The molecule has 15 heavy (non-hydrogen) atoms. The fraction of sp³-hybridized carbons (Fsp3) is 0.462. The van der Waals surface area contributed by atoms with Gasteiger partial charge in [-0.15, -0.1) is 0 Å². The molecule has 80 valence electrons. The van der Waals surface area contributed by atoms with E-state index in [9.17, 15) is 4.79 Å². The van der Waals surface area contributed by atoms with Crippen LogP contribution in [0.1, 0.15) is 41.6 Å². The lowest BCUT2D eigenvalue weighted by Crippen LogP contribution is -2.00. The highest BCUT2D eigenvalue weighted by Crippen LogP contribution is 2.34. The lowest BCUT2D eigenvalue weighted by molar-refractivity contribution is 0.0978. The normalized spacial score (nSPS) is 15.3. The summed E-state index contributed by atoms with van der Waals surface area (Å²) in [6, 6.07) is 5.63. The molecule has 0 atom stereocenters. The summed E-state index contributed by atoms with van der Waals surface area (Å²) in [7, 11) is 0. The molecule has 1 aromatic rings. The van der Waals surface area contributed by atoms with Gasteiger partial charge in [0.05, 0.1) is 5.02 Å². The second-order valence-corrected chi connectivity index (χ2v) is 4.80. The molecule has 0 radical (unpaired) electrons. The molecule has 0 spiro atoms. The van der Waals surface area contributed by atoms with Crippen molar-refractivity contribution < 1.29 is 4.79 Å². The number of benzene rings is 1. The summed E-state index contributed by atoms with van der Waals surface area (Å²) in [6.45, 7) is 1.98. The molecular weight excluding hydrogens is 208 g/mol. The van der Waals surface area contributed by atoms with Crippen LogP contribution >= 0.6 is 11.6 Å². The van der Waals surface area contributed by atoms with Crippen molar-refractivity contribution in [1.82, 2.24) is 0 Å². The fourth-order valence-corrected chi connectivity index (χ4v) is 2.06. The van der Waals surface area contributed by atoms with E-state index < -0.39 is 0 Å². The van der Waals surface area contributed by atoms with Crippen LogP contribution in [0.25, 0.3) is 0 Å². The van der Waals surface area contributed by atoms with E-state index >= 15 is 0 Å². The summed E-state index contributed by atoms with van der Waals surface area (Å²) >= 11 is 6.03. The number of Topliss-reactive ketones (excluding diaryl/α,β-unsaturated/α-hetero) is 1. The first-order chi connectivity index (χ1) is 7.16. The summed E-state index contributed by atoms with van der Waals surface area (Å²) < 4.78 is 0. The molecule has 1 saturated carbocycles. The van der Waals surface area contributed by atoms with E-state index in [0.717, 1.165) is 17.9 Å². The summed E-state index contributed by atoms with van der Waals surface area (Å²) in [5.41, 5.74) is 1.78. The molecule has 2 heteroatoms. The number of halogens is 1. The Morgan fingerprint density at radius 3 is 2.80 bits per heavy atom. The molecule has 1 fully saturated rings. The van der Waals surface area contributed by atoms with Crippen LogP contribution in [0.5, 0.6) is 0 Å². The third-order valence-electron chi connectivity index (χ3n) is 2.90. The summed E-state index contributed by atoms with van der Waals surface area (Å²) in [5, 5.41) is 0.593. The van der Waals surface area contributed by atoms with Crippen molar-refractivity contribution in [1.29, 1.82) is 0 Å². The van der Waals surface area contributed by atoms with E-state index in [4.69, 9.17) is 11.6 Å². The Labute approximate surface area is 95.4 Å². The maximum atomic E-state index is 11.8. The van der Waals surface area contributed by atoms with Gasteiger partial charge in [-0.1, -0.05) is 30.5 Å². The lowest BCUT2D eigenvalue weighted by Gasteiger charge is -2.03. The van der Waals surface area contributed by atoms with Gasteiger partial charge in [-0.25, -0.2) is 0 Å². The Morgan fingerprint density at radius 2 is 2.20 bits per heavy atom.